The van der Waals surface area contributed by atoms with Gasteiger partial charge >= 0.3 is 0 Å². The fourth-order valence-electron chi connectivity index (χ4n) is 1.32. The standard InChI is InChI=1S/C10H8ClIS/c1-6-5-13-10-3-9(12)7(4-11)2-8(6)10/h2-3,5H,4H2,1H3. The summed E-state index contributed by atoms with van der Waals surface area (Å²) in [5, 5.41) is 3.54. The molecule has 0 bridgehead atoms. The number of thiophene rings is 1. The first-order valence-electron chi connectivity index (χ1n) is 3.94. The van der Waals surface area contributed by atoms with Crippen LogP contribution in [-0.2, 0) is 5.88 Å². The third-order valence-corrected chi connectivity index (χ3v) is 4.44. The van der Waals surface area contributed by atoms with E-state index in [0.717, 1.165) is 0 Å². The molecule has 1 aromatic heterocycles. The minimum atomic E-state index is 0.601. The summed E-state index contributed by atoms with van der Waals surface area (Å²) in [7, 11) is 0. The van der Waals surface area contributed by atoms with Gasteiger partial charge in [-0.15, -0.1) is 22.9 Å². The molecule has 0 aliphatic rings. The fourth-order valence-corrected chi connectivity index (χ4v) is 3.60. The van der Waals surface area contributed by atoms with E-state index in [-0.39, 0.29) is 0 Å². The van der Waals surface area contributed by atoms with Crippen LogP contribution in [0.3, 0.4) is 0 Å². The molecular weight excluding hydrogens is 315 g/mol. The Bertz CT molecular complexity index is 447. The molecule has 0 N–H and O–H groups in total. The molecule has 2 aromatic rings. The first kappa shape index (κ1) is 9.74. The van der Waals surface area contributed by atoms with Crippen molar-refractivity contribution in [3.8, 4) is 0 Å². The Morgan fingerprint density at radius 3 is 2.92 bits per heavy atom. The van der Waals surface area contributed by atoms with Crippen LogP contribution in [0.25, 0.3) is 10.1 Å². The summed E-state index contributed by atoms with van der Waals surface area (Å²) in [5.41, 5.74) is 2.58. The Morgan fingerprint density at radius 1 is 1.46 bits per heavy atom. The average molecular weight is 323 g/mol. The minimum Gasteiger partial charge on any atom is -0.143 e. The number of rotatable bonds is 1. The topological polar surface area (TPSA) is 0 Å². The Morgan fingerprint density at radius 2 is 2.23 bits per heavy atom. The maximum absolute atomic E-state index is 5.85. The molecule has 0 amide bonds. The number of hydrogen-bond donors (Lipinski definition) is 0. The summed E-state index contributed by atoms with van der Waals surface area (Å²) >= 11 is 9.99. The second-order valence-electron chi connectivity index (χ2n) is 2.99. The van der Waals surface area contributed by atoms with Gasteiger partial charge in [0.15, 0.2) is 0 Å². The average Bonchev–Trinajstić information content (AvgIpc) is 2.46. The highest BCUT2D eigenvalue weighted by atomic mass is 127. The molecule has 0 saturated carbocycles. The largest absolute Gasteiger partial charge is 0.143 e. The summed E-state index contributed by atoms with van der Waals surface area (Å²) in [5.74, 6) is 0.601. The molecule has 0 aliphatic carbocycles. The maximum atomic E-state index is 5.85. The van der Waals surface area contributed by atoms with Gasteiger partial charge in [0, 0.05) is 14.2 Å². The van der Waals surface area contributed by atoms with Crippen LogP contribution in [0.4, 0.5) is 0 Å². The van der Waals surface area contributed by atoms with Gasteiger partial charge in [-0.2, -0.15) is 0 Å². The molecular formula is C10H8ClIS. The monoisotopic (exact) mass is 322 g/mol. The van der Waals surface area contributed by atoms with Crippen LogP contribution in [0, 0.1) is 10.5 Å². The van der Waals surface area contributed by atoms with Gasteiger partial charge in [0.2, 0.25) is 0 Å². The van der Waals surface area contributed by atoms with Crippen molar-refractivity contribution >= 4 is 55.6 Å². The van der Waals surface area contributed by atoms with Gasteiger partial charge in [0.25, 0.3) is 0 Å². The van der Waals surface area contributed by atoms with Crippen LogP contribution in [0.5, 0.6) is 0 Å². The number of alkyl halides is 1. The molecule has 13 heavy (non-hydrogen) atoms. The number of hydrogen-bond acceptors (Lipinski definition) is 1. The molecule has 1 aromatic carbocycles. The number of aryl methyl sites for hydroxylation is 1. The Kier molecular flexibility index (Phi) is 2.81. The third-order valence-electron chi connectivity index (χ3n) is 2.08. The fraction of sp³-hybridized carbons (Fsp3) is 0.200. The zero-order valence-electron chi connectivity index (χ0n) is 7.10. The van der Waals surface area contributed by atoms with E-state index in [2.05, 4.69) is 47.0 Å². The van der Waals surface area contributed by atoms with E-state index in [1.54, 1.807) is 11.3 Å². The van der Waals surface area contributed by atoms with Crippen LogP contribution in [-0.4, -0.2) is 0 Å². The summed E-state index contributed by atoms with van der Waals surface area (Å²) in [6.07, 6.45) is 0. The van der Waals surface area contributed by atoms with Crippen molar-refractivity contribution < 1.29 is 0 Å². The van der Waals surface area contributed by atoms with Crippen molar-refractivity contribution in [2.75, 3.05) is 0 Å². The highest BCUT2D eigenvalue weighted by Gasteiger charge is 2.04. The summed E-state index contributed by atoms with van der Waals surface area (Å²) < 4.78 is 2.62. The zero-order chi connectivity index (χ0) is 9.42. The van der Waals surface area contributed by atoms with Crippen molar-refractivity contribution in [1.82, 2.24) is 0 Å². The lowest BCUT2D eigenvalue weighted by Gasteiger charge is -2.00. The molecule has 0 fully saturated rings. The third kappa shape index (κ3) is 1.72. The van der Waals surface area contributed by atoms with Crippen LogP contribution in [0.15, 0.2) is 17.5 Å². The normalized spacial score (nSPS) is 11.0. The van der Waals surface area contributed by atoms with E-state index >= 15 is 0 Å². The molecule has 0 atom stereocenters. The van der Waals surface area contributed by atoms with Gasteiger partial charge in [-0.1, -0.05) is 0 Å². The lowest BCUT2D eigenvalue weighted by molar-refractivity contribution is 1.39. The van der Waals surface area contributed by atoms with Crippen LogP contribution < -0.4 is 0 Å². The molecule has 2 rings (SSSR count). The van der Waals surface area contributed by atoms with Crippen LogP contribution in [0.2, 0.25) is 0 Å². The van der Waals surface area contributed by atoms with Gasteiger partial charge in [-0.05, 0) is 63.5 Å². The molecule has 0 unspecified atom stereocenters. The van der Waals surface area contributed by atoms with Gasteiger partial charge in [-0.3, -0.25) is 0 Å². The molecule has 0 aliphatic heterocycles. The first-order valence-corrected chi connectivity index (χ1v) is 6.44. The van der Waals surface area contributed by atoms with Crippen LogP contribution >= 0.6 is 45.5 Å². The molecule has 0 radical (unpaired) electrons. The van der Waals surface area contributed by atoms with Crippen molar-refractivity contribution in [2.24, 2.45) is 0 Å². The Hall–Kier alpha value is 0.200. The number of halogens is 2. The molecule has 0 spiro atoms. The number of fused-ring (bicyclic) bond motifs is 1. The lowest BCUT2D eigenvalue weighted by atomic mass is 10.1. The van der Waals surface area contributed by atoms with Crippen molar-refractivity contribution in [2.45, 2.75) is 12.8 Å². The van der Waals surface area contributed by atoms with Gasteiger partial charge in [-0.25, -0.2) is 0 Å². The highest BCUT2D eigenvalue weighted by molar-refractivity contribution is 14.1. The van der Waals surface area contributed by atoms with Crippen molar-refractivity contribution in [1.29, 1.82) is 0 Å². The smallest absolute Gasteiger partial charge is 0.0484 e. The van der Waals surface area contributed by atoms with E-state index in [9.17, 15) is 0 Å². The molecule has 0 saturated heterocycles. The van der Waals surface area contributed by atoms with Crippen molar-refractivity contribution in [3.63, 3.8) is 0 Å². The summed E-state index contributed by atoms with van der Waals surface area (Å²) in [4.78, 5) is 0. The van der Waals surface area contributed by atoms with Crippen molar-refractivity contribution in [3.05, 3.63) is 32.2 Å². The second kappa shape index (κ2) is 3.75. The SMILES string of the molecule is Cc1csc2cc(I)c(CCl)cc12. The van der Waals surface area contributed by atoms with E-state index in [1.165, 1.54) is 24.8 Å². The maximum Gasteiger partial charge on any atom is 0.0484 e. The first-order chi connectivity index (χ1) is 6.22. The predicted molar refractivity (Wildman–Crippen MR) is 68.8 cm³/mol. The molecule has 3 heteroatoms. The molecule has 1 heterocycles. The van der Waals surface area contributed by atoms with Crippen LogP contribution in [0.1, 0.15) is 11.1 Å². The van der Waals surface area contributed by atoms with E-state index < -0.39 is 0 Å². The lowest BCUT2D eigenvalue weighted by Crippen LogP contribution is -1.83. The summed E-state index contributed by atoms with van der Waals surface area (Å²) in [6, 6.07) is 4.42. The predicted octanol–water partition coefficient (Wildman–Crippen LogP) is 4.55. The minimum absolute atomic E-state index is 0.601. The van der Waals surface area contributed by atoms with Gasteiger partial charge in [0.05, 0.1) is 0 Å². The summed E-state index contributed by atoms with van der Waals surface area (Å²) in [6.45, 7) is 2.14. The Balaban J connectivity index is 2.77. The van der Waals surface area contributed by atoms with E-state index in [4.69, 9.17) is 11.6 Å². The number of benzene rings is 1. The van der Waals surface area contributed by atoms with Gasteiger partial charge in [0.1, 0.15) is 0 Å². The second-order valence-corrected chi connectivity index (χ2v) is 5.33. The van der Waals surface area contributed by atoms with E-state index in [0.29, 0.717) is 5.88 Å². The highest BCUT2D eigenvalue weighted by Crippen LogP contribution is 2.29. The quantitative estimate of drug-likeness (QED) is 0.533. The molecule has 68 valence electrons. The molecule has 0 nitrogen and oxygen atoms in total. The zero-order valence-corrected chi connectivity index (χ0v) is 10.8. The van der Waals surface area contributed by atoms with Gasteiger partial charge < -0.3 is 0 Å². The van der Waals surface area contributed by atoms with E-state index in [1.807, 2.05) is 0 Å². The Labute approximate surface area is 100 Å².